The summed E-state index contributed by atoms with van der Waals surface area (Å²) in [6, 6.07) is 9.06. The van der Waals surface area contributed by atoms with Crippen LogP contribution in [0.4, 0.5) is 8.78 Å². The maximum atomic E-state index is 13.8. The lowest BCUT2D eigenvalue weighted by atomic mass is 9.95. The van der Waals surface area contributed by atoms with Crippen LogP contribution < -0.4 is 5.32 Å². The zero-order valence-electron chi connectivity index (χ0n) is 15.6. The fourth-order valence-corrected chi connectivity index (χ4v) is 3.27. The molecular formula is C21H22F2N2O2. The van der Waals surface area contributed by atoms with E-state index >= 15 is 0 Å². The maximum Gasteiger partial charge on any atom is 0.255 e. The van der Waals surface area contributed by atoms with E-state index in [2.05, 4.69) is 5.32 Å². The number of nitrogens with one attached hydrogen (secondary N) is 1. The SMILES string of the molecule is CC(C)(C)CN1C(=O)c2ccc(F)cc2C1C(=O)NCc1ccccc1F. The fraction of sp³-hybridized carbons (Fsp3) is 0.333. The van der Waals surface area contributed by atoms with E-state index in [1.165, 1.54) is 29.2 Å². The number of carbonyl (C=O) groups is 2. The summed E-state index contributed by atoms with van der Waals surface area (Å²) in [4.78, 5) is 27.1. The van der Waals surface area contributed by atoms with Gasteiger partial charge in [-0.1, -0.05) is 39.0 Å². The smallest absolute Gasteiger partial charge is 0.255 e. The Hall–Kier alpha value is -2.76. The second-order valence-electron chi connectivity index (χ2n) is 7.94. The molecule has 2 aromatic rings. The molecule has 1 unspecified atom stereocenters. The molecule has 142 valence electrons. The maximum absolute atomic E-state index is 13.8. The summed E-state index contributed by atoms with van der Waals surface area (Å²) in [5.41, 5.74) is 0.763. The average Bonchev–Trinajstić information content (AvgIpc) is 2.84. The molecule has 27 heavy (non-hydrogen) atoms. The average molecular weight is 372 g/mol. The zero-order chi connectivity index (χ0) is 19.8. The number of rotatable bonds is 4. The summed E-state index contributed by atoms with van der Waals surface area (Å²) in [6.45, 7) is 6.19. The van der Waals surface area contributed by atoms with Crippen molar-refractivity contribution in [1.82, 2.24) is 10.2 Å². The number of fused-ring (bicyclic) bond motifs is 1. The predicted octanol–water partition coefficient (Wildman–Crippen LogP) is 3.82. The minimum atomic E-state index is -0.936. The number of hydrogen-bond acceptors (Lipinski definition) is 2. The molecule has 0 bridgehead atoms. The highest BCUT2D eigenvalue weighted by molar-refractivity contribution is 6.04. The predicted molar refractivity (Wildman–Crippen MR) is 97.9 cm³/mol. The first-order valence-corrected chi connectivity index (χ1v) is 8.79. The molecule has 1 atom stereocenters. The minimum absolute atomic E-state index is 0.00972. The van der Waals surface area contributed by atoms with Gasteiger partial charge in [0.25, 0.3) is 5.91 Å². The first-order chi connectivity index (χ1) is 12.7. The monoisotopic (exact) mass is 372 g/mol. The highest BCUT2D eigenvalue weighted by Crippen LogP contribution is 2.36. The van der Waals surface area contributed by atoms with Crippen LogP contribution in [-0.2, 0) is 11.3 Å². The summed E-state index contributed by atoms with van der Waals surface area (Å²) < 4.78 is 27.6. The molecule has 0 saturated carbocycles. The lowest BCUT2D eigenvalue weighted by Crippen LogP contribution is -2.42. The van der Waals surface area contributed by atoms with Gasteiger partial charge in [-0.3, -0.25) is 9.59 Å². The number of benzene rings is 2. The van der Waals surface area contributed by atoms with Gasteiger partial charge >= 0.3 is 0 Å². The molecule has 0 radical (unpaired) electrons. The third kappa shape index (κ3) is 3.99. The van der Waals surface area contributed by atoms with Crippen LogP contribution in [0, 0.1) is 17.0 Å². The standard InChI is InChI=1S/C21H22F2N2O2/c1-21(2,3)12-25-18(16-10-14(22)8-9-15(16)20(25)27)19(26)24-11-13-6-4-5-7-17(13)23/h4-10,18H,11-12H2,1-3H3,(H,24,26). The van der Waals surface area contributed by atoms with Crippen LogP contribution in [0.1, 0.15) is 48.3 Å². The first kappa shape index (κ1) is 19.0. The van der Waals surface area contributed by atoms with Crippen molar-refractivity contribution < 1.29 is 18.4 Å². The molecule has 1 heterocycles. The number of amides is 2. The highest BCUT2D eigenvalue weighted by Gasteiger charge is 2.42. The van der Waals surface area contributed by atoms with Crippen molar-refractivity contribution in [2.24, 2.45) is 5.41 Å². The molecule has 1 N–H and O–H groups in total. The molecule has 2 amide bonds. The van der Waals surface area contributed by atoms with Crippen molar-refractivity contribution in [2.75, 3.05) is 6.54 Å². The minimum Gasteiger partial charge on any atom is -0.350 e. The van der Waals surface area contributed by atoms with Crippen LogP contribution in [0.25, 0.3) is 0 Å². The number of halogens is 2. The second-order valence-corrected chi connectivity index (χ2v) is 7.94. The normalized spacial score (nSPS) is 16.4. The zero-order valence-corrected chi connectivity index (χ0v) is 15.6. The van der Waals surface area contributed by atoms with E-state index in [-0.39, 0.29) is 17.9 Å². The molecule has 1 aliphatic heterocycles. The Morgan fingerprint density at radius 3 is 2.52 bits per heavy atom. The lowest BCUT2D eigenvalue weighted by Gasteiger charge is -2.31. The fourth-order valence-electron chi connectivity index (χ4n) is 3.27. The van der Waals surface area contributed by atoms with Crippen molar-refractivity contribution >= 4 is 11.8 Å². The summed E-state index contributed by atoms with van der Waals surface area (Å²) in [5.74, 6) is -1.68. The molecule has 0 fully saturated rings. The van der Waals surface area contributed by atoms with Crippen LogP contribution in [0.15, 0.2) is 42.5 Å². The molecule has 6 heteroatoms. The van der Waals surface area contributed by atoms with Crippen molar-refractivity contribution in [3.05, 3.63) is 70.8 Å². The second kappa shape index (κ2) is 7.10. The van der Waals surface area contributed by atoms with E-state index in [0.717, 1.165) is 0 Å². The molecule has 0 aliphatic carbocycles. The Morgan fingerprint density at radius 1 is 1.15 bits per heavy atom. The van der Waals surface area contributed by atoms with Gasteiger partial charge in [0.05, 0.1) is 0 Å². The Balaban J connectivity index is 1.89. The van der Waals surface area contributed by atoms with Gasteiger partial charge in [-0.05, 0) is 35.2 Å². The van der Waals surface area contributed by atoms with E-state index < -0.39 is 23.6 Å². The van der Waals surface area contributed by atoms with E-state index in [0.29, 0.717) is 23.2 Å². The summed E-state index contributed by atoms with van der Waals surface area (Å²) in [7, 11) is 0. The van der Waals surface area contributed by atoms with E-state index in [1.54, 1.807) is 18.2 Å². The summed E-state index contributed by atoms with van der Waals surface area (Å²) in [5, 5.41) is 2.68. The van der Waals surface area contributed by atoms with E-state index in [1.807, 2.05) is 20.8 Å². The van der Waals surface area contributed by atoms with Crippen LogP contribution in [0.2, 0.25) is 0 Å². The number of hydrogen-bond donors (Lipinski definition) is 1. The third-order valence-corrected chi connectivity index (χ3v) is 4.42. The van der Waals surface area contributed by atoms with Gasteiger partial charge in [0.2, 0.25) is 5.91 Å². The molecule has 2 aromatic carbocycles. The van der Waals surface area contributed by atoms with Crippen molar-refractivity contribution in [2.45, 2.75) is 33.4 Å². The Kier molecular flexibility index (Phi) is 5.00. The van der Waals surface area contributed by atoms with Gasteiger partial charge in [-0.15, -0.1) is 0 Å². The van der Waals surface area contributed by atoms with Crippen molar-refractivity contribution in [3.63, 3.8) is 0 Å². The van der Waals surface area contributed by atoms with Gasteiger partial charge < -0.3 is 10.2 Å². The summed E-state index contributed by atoms with van der Waals surface area (Å²) in [6.07, 6.45) is 0. The van der Waals surface area contributed by atoms with Gasteiger partial charge in [0, 0.05) is 24.2 Å². The van der Waals surface area contributed by atoms with Crippen LogP contribution in [0.3, 0.4) is 0 Å². The molecule has 4 nitrogen and oxygen atoms in total. The lowest BCUT2D eigenvalue weighted by molar-refractivity contribution is -0.126. The molecule has 1 aliphatic rings. The highest BCUT2D eigenvalue weighted by atomic mass is 19.1. The van der Waals surface area contributed by atoms with Crippen LogP contribution in [-0.4, -0.2) is 23.3 Å². The quantitative estimate of drug-likeness (QED) is 0.887. The van der Waals surface area contributed by atoms with E-state index in [4.69, 9.17) is 0 Å². The van der Waals surface area contributed by atoms with Gasteiger partial charge in [0.1, 0.15) is 17.7 Å². The first-order valence-electron chi connectivity index (χ1n) is 8.79. The molecule has 0 aromatic heterocycles. The third-order valence-electron chi connectivity index (χ3n) is 4.42. The largest absolute Gasteiger partial charge is 0.350 e. The van der Waals surface area contributed by atoms with Crippen molar-refractivity contribution in [3.8, 4) is 0 Å². The molecule has 3 rings (SSSR count). The Labute approximate surface area is 157 Å². The van der Waals surface area contributed by atoms with Gasteiger partial charge in [-0.2, -0.15) is 0 Å². The molecular weight excluding hydrogens is 350 g/mol. The van der Waals surface area contributed by atoms with E-state index in [9.17, 15) is 18.4 Å². The topological polar surface area (TPSA) is 49.4 Å². The van der Waals surface area contributed by atoms with Crippen molar-refractivity contribution in [1.29, 1.82) is 0 Å². The summed E-state index contributed by atoms with van der Waals surface area (Å²) >= 11 is 0. The van der Waals surface area contributed by atoms with Gasteiger partial charge in [-0.25, -0.2) is 8.78 Å². The Morgan fingerprint density at radius 2 is 1.85 bits per heavy atom. The molecule has 0 saturated heterocycles. The van der Waals surface area contributed by atoms with Gasteiger partial charge in [0.15, 0.2) is 0 Å². The van der Waals surface area contributed by atoms with Crippen LogP contribution >= 0.6 is 0 Å². The number of carbonyl (C=O) groups excluding carboxylic acids is 2. The number of nitrogens with zero attached hydrogens (tertiary/aromatic N) is 1. The molecule has 0 spiro atoms. The Bertz CT molecular complexity index is 890. The van der Waals surface area contributed by atoms with Crippen LogP contribution in [0.5, 0.6) is 0 Å².